The summed E-state index contributed by atoms with van der Waals surface area (Å²) >= 11 is 1.37. The predicted molar refractivity (Wildman–Crippen MR) is 82.4 cm³/mol. The zero-order valence-electron chi connectivity index (χ0n) is 11.8. The molecule has 0 unspecified atom stereocenters. The van der Waals surface area contributed by atoms with Gasteiger partial charge in [0.1, 0.15) is 0 Å². The van der Waals surface area contributed by atoms with Crippen molar-refractivity contribution in [2.24, 2.45) is 0 Å². The first kappa shape index (κ1) is 15.1. The van der Waals surface area contributed by atoms with E-state index in [1.165, 1.54) is 18.4 Å². The van der Waals surface area contributed by atoms with Gasteiger partial charge in [-0.1, -0.05) is 12.1 Å². The summed E-state index contributed by atoms with van der Waals surface area (Å²) in [5.74, 6) is -0.535. The molecule has 21 heavy (non-hydrogen) atoms. The fraction of sp³-hybridized carbons (Fsp3) is 0.200. The minimum atomic E-state index is -0.380. The minimum Gasteiger partial charge on any atom is -0.465 e. The normalized spacial score (nSPS) is 10.2. The highest BCUT2D eigenvalue weighted by molar-refractivity contribution is 7.14. The Kier molecular flexibility index (Phi) is 4.59. The zero-order chi connectivity index (χ0) is 15.4. The maximum Gasteiger partial charge on any atom is 0.337 e. The molecule has 1 amide bonds. The lowest BCUT2D eigenvalue weighted by atomic mass is 10.1. The number of hydrogen-bond donors (Lipinski definition) is 2. The molecule has 110 valence electrons. The molecule has 0 saturated heterocycles. The third-order valence-electron chi connectivity index (χ3n) is 3.01. The molecule has 0 aliphatic heterocycles. The van der Waals surface area contributed by atoms with Crippen molar-refractivity contribution in [2.75, 3.05) is 12.8 Å². The number of benzene rings is 1. The van der Waals surface area contributed by atoms with Crippen LogP contribution in [0.25, 0.3) is 0 Å². The van der Waals surface area contributed by atoms with Crippen LogP contribution in [-0.4, -0.2) is 19.0 Å². The largest absolute Gasteiger partial charge is 0.465 e. The van der Waals surface area contributed by atoms with Crippen molar-refractivity contribution in [3.63, 3.8) is 0 Å². The molecule has 0 spiro atoms. The van der Waals surface area contributed by atoms with Crippen molar-refractivity contribution in [3.8, 4) is 0 Å². The Labute approximate surface area is 126 Å². The van der Waals surface area contributed by atoms with Crippen molar-refractivity contribution in [1.82, 2.24) is 5.32 Å². The number of carbonyl (C=O) groups is 2. The Bertz CT molecular complexity index is 643. The highest BCUT2D eigenvalue weighted by Crippen LogP contribution is 2.23. The van der Waals surface area contributed by atoms with Gasteiger partial charge in [-0.05, 0) is 30.7 Å². The number of thiophene rings is 1. The Hall–Kier alpha value is -2.34. The number of nitrogens with two attached hydrogens (primary N) is 1. The minimum absolute atomic E-state index is 0.156. The molecule has 0 atom stereocenters. The molecule has 0 radical (unpaired) electrons. The summed E-state index contributed by atoms with van der Waals surface area (Å²) in [5, 5.41) is 2.82. The fourth-order valence-corrected chi connectivity index (χ4v) is 2.61. The van der Waals surface area contributed by atoms with Crippen molar-refractivity contribution in [1.29, 1.82) is 0 Å². The van der Waals surface area contributed by atoms with Gasteiger partial charge in [0, 0.05) is 17.1 Å². The van der Waals surface area contributed by atoms with Crippen LogP contribution in [0, 0.1) is 6.92 Å². The lowest BCUT2D eigenvalue weighted by Crippen LogP contribution is -2.21. The van der Waals surface area contributed by atoms with Gasteiger partial charge in [0.25, 0.3) is 5.91 Å². The maximum atomic E-state index is 12.0. The van der Waals surface area contributed by atoms with Crippen LogP contribution in [-0.2, 0) is 11.3 Å². The molecule has 0 aliphatic rings. The molecule has 0 fully saturated rings. The Morgan fingerprint density at radius 2 is 1.95 bits per heavy atom. The fourth-order valence-electron chi connectivity index (χ4n) is 1.75. The second-order valence-corrected chi connectivity index (χ2v) is 5.75. The molecule has 0 aliphatic carbocycles. The van der Waals surface area contributed by atoms with Crippen LogP contribution in [0.3, 0.4) is 0 Å². The van der Waals surface area contributed by atoms with Gasteiger partial charge in [-0.3, -0.25) is 4.79 Å². The van der Waals surface area contributed by atoms with Crippen LogP contribution in [0.1, 0.15) is 30.5 Å². The highest BCUT2D eigenvalue weighted by atomic mass is 32.1. The number of nitrogen functional groups attached to an aromatic ring is 1. The van der Waals surface area contributed by atoms with Crippen LogP contribution < -0.4 is 11.1 Å². The van der Waals surface area contributed by atoms with E-state index in [-0.39, 0.29) is 11.9 Å². The summed E-state index contributed by atoms with van der Waals surface area (Å²) in [6.45, 7) is 2.26. The smallest absolute Gasteiger partial charge is 0.337 e. The van der Waals surface area contributed by atoms with E-state index < -0.39 is 0 Å². The van der Waals surface area contributed by atoms with Gasteiger partial charge in [-0.15, -0.1) is 11.3 Å². The third-order valence-corrected chi connectivity index (χ3v) is 4.07. The number of carbonyl (C=O) groups excluding carboxylic acids is 2. The van der Waals surface area contributed by atoms with E-state index in [0.29, 0.717) is 22.7 Å². The van der Waals surface area contributed by atoms with E-state index >= 15 is 0 Å². The molecule has 0 bridgehead atoms. The number of ether oxygens (including phenoxy) is 1. The van der Waals surface area contributed by atoms with E-state index in [2.05, 4.69) is 10.1 Å². The number of amides is 1. The molecule has 1 aromatic carbocycles. The average Bonchev–Trinajstić information content (AvgIpc) is 2.84. The molecule has 2 aromatic rings. The topological polar surface area (TPSA) is 81.4 Å². The van der Waals surface area contributed by atoms with Crippen LogP contribution in [0.5, 0.6) is 0 Å². The van der Waals surface area contributed by atoms with Crippen molar-refractivity contribution < 1.29 is 14.3 Å². The summed E-state index contributed by atoms with van der Waals surface area (Å²) in [5.41, 5.74) is 7.74. The Morgan fingerprint density at radius 1 is 1.29 bits per heavy atom. The first-order chi connectivity index (χ1) is 10.0. The molecule has 1 aromatic heterocycles. The Morgan fingerprint density at radius 3 is 2.48 bits per heavy atom. The zero-order valence-corrected chi connectivity index (χ0v) is 12.6. The van der Waals surface area contributed by atoms with Crippen LogP contribution in [0.15, 0.2) is 30.3 Å². The SMILES string of the molecule is COC(=O)c1ccc(CNC(=O)c2cc(N)c(C)s2)cc1. The molecule has 6 heteroatoms. The maximum absolute atomic E-state index is 12.0. The third kappa shape index (κ3) is 3.61. The number of anilines is 1. The monoisotopic (exact) mass is 304 g/mol. The standard InChI is InChI=1S/C15H16N2O3S/c1-9-12(16)7-13(21-9)14(18)17-8-10-3-5-11(6-4-10)15(19)20-2/h3-7H,8,16H2,1-2H3,(H,17,18). The summed E-state index contributed by atoms with van der Waals surface area (Å²) in [4.78, 5) is 24.8. The van der Waals surface area contributed by atoms with Gasteiger partial charge >= 0.3 is 5.97 Å². The second-order valence-electron chi connectivity index (χ2n) is 4.49. The summed E-state index contributed by atoms with van der Waals surface area (Å²) in [6.07, 6.45) is 0. The van der Waals surface area contributed by atoms with Crippen LogP contribution >= 0.6 is 11.3 Å². The summed E-state index contributed by atoms with van der Waals surface area (Å²) in [7, 11) is 1.34. The highest BCUT2D eigenvalue weighted by Gasteiger charge is 2.11. The van der Waals surface area contributed by atoms with Crippen molar-refractivity contribution >= 4 is 28.9 Å². The van der Waals surface area contributed by atoms with Gasteiger partial charge in [0.05, 0.1) is 17.6 Å². The van der Waals surface area contributed by atoms with Gasteiger partial charge in [0.2, 0.25) is 0 Å². The van der Waals surface area contributed by atoms with Gasteiger partial charge in [-0.2, -0.15) is 0 Å². The first-order valence-corrected chi connectivity index (χ1v) is 7.14. The van der Waals surface area contributed by atoms with Crippen molar-refractivity contribution in [2.45, 2.75) is 13.5 Å². The molecular formula is C15H16N2O3S. The van der Waals surface area contributed by atoms with Gasteiger partial charge in [-0.25, -0.2) is 4.79 Å². The molecule has 1 heterocycles. The number of nitrogens with one attached hydrogen (secondary N) is 1. The van der Waals surface area contributed by atoms with E-state index in [0.717, 1.165) is 10.4 Å². The number of esters is 1. The number of hydrogen-bond acceptors (Lipinski definition) is 5. The second kappa shape index (κ2) is 6.41. The quantitative estimate of drug-likeness (QED) is 0.850. The van der Waals surface area contributed by atoms with E-state index in [1.54, 1.807) is 30.3 Å². The molecule has 2 rings (SSSR count). The molecular weight excluding hydrogens is 288 g/mol. The summed E-state index contributed by atoms with van der Waals surface area (Å²) in [6, 6.07) is 8.57. The lowest BCUT2D eigenvalue weighted by molar-refractivity contribution is 0.0600. The number of aryl methyl sites for hydroxylation is 1. The molecule has 0 saturated carbocycles. The molecule has 5 nitrogen and oxygen atoms in total. The lowest BCUT2D eigenvalue weighted by Gasteiger charge is -2.05. The van der Waals surface area contributed by atoms with E-state index in [4.69, 9.17) is 5.73 Å². The van der Waals surface area contributed by atoms with Crippen LogP contribution in [0.2, 0.25) is 0 Å². The average molecular weight is 304 g/mol. The van der Waals surface area contributed by atoms with Gasteiger partial charge in [0.15, 0.2) is 0 Å². The van der Waals surface area contributed by atoms with Gasteiger partial charge < -0.3 is 15.8 Å². The van der Waals surface area contributed by atoms with Crippen LogP contribution in [0.4, 0.5) is 5.69 Å². The van der Waals surface area contributed by atoms with E-state index in [1.807, 2.05) is 6.92 Å². The number of rotatable bonds is 4. The van der Waals surface area contributed by atoms with Crippen molar-refractivity contribution in [3.05, 3.63) is 51.2 Å². The van der Waals surface area contributed by atoms with E-state index in [9.17, 15) is 9.59 Å². The summed E-state index contributed by atoms with van der Waals surface area (Å²) < 4.78 is 4.63. The Balaban J connectivity index is 1.96. The number of methoxy groups -OCH3 is 1. The first-order valence-electron chi connectivity index (χ1n) is 6.32. The predicted octanol–water partition coefficient (Wildman–Crippen LogP) is 2.36. The molecule has 3 N–H and O–H groups in total.